The van der Waals surface area contributed by atoms with E-state index in [0.29, 0.717) is 0 Å². The number of benzene rings is 1. The molecule has 2 rings (SSSR count). The smallest absolute Gasteiger partial charge is 0.0656 e. The molecule has 0 saturated carbocycles. The Morgan fingerprint density at radius 1 is 1.20 bits per heavy atom. The van der Waals surface area contributed by atoms with Crippen molar-refractivity contribution in [1.82, 2.24) is 0 Å². The summed E-state index contributed by atoms with van der Waals surface area (Å²) < 4.78 is 1.23. The van der Waals surface area contributed by atoms with E-state index in [1.54, 1.807) is 11.3 Å². The van der Waals surface area contributed by atoms with Crippen LogP contribution in [0.3, 0.4) is 0 Å². The second kappa shape index (κ2) is 4.63. The average molecular weight is 329 g/mol. The van der Waals surface area contributed by atoms with Crippen LogP contribution in [0.15, 0.2) is 36.4 Å². The van der Waals surface area contributed by atoms with Gasteiger partial charge in [-0.3, -0.25) is 0 Å². The van der Waals surface area contributed by atoms with Gasteiger partial charge in [-0.05, 0) is 53.3 Å². The van der Waals surface area contributed by atoms with Crippen LogP contribution in [0.5, 0.6) is 0 Å². The maximum absolute atomic E-state index is 6.24. The lowest BCUT2D eigenvalue weighted by molar-refractivity contribution is 0.887. The summed E-state index contributed by atoms with van der Waals surface area (Å²) in [5.41, 5.74) is 7.44. The Bertz CT molecular complexity index is 464. The minimum atomic E-state index is 0.0109. The number of hydrogen-bond donors (Lipinski definition) is 1. The molecule has 0 radical (unpaired) electrons. The standard InChI is InChI=1S/C12H12INS/c1-8-6-7-11(15-8)12(14)9-4-2-3-5-10(9)13/h2-7,12H,14H2,1H3. The van der Waals surface area contributed by atoms with E-state index in [4.69, 9.17) is 5.73 Å². The molecule has 0 spiro atoms. The van der Waals surface area contributed by atoms with Crippen LogP contribution in [0.2, 0.25) is 0 Å². The van der Waals surface area contributed by atoms with Crippen molar-refractivity contribution in [3.8, 4) is 0 Å². The van der Waals surface area contributed by atoms with Gasteiger partial charge in [-0.15, -0.1) is 11.3 Å². The zero-order valence-corrected chi connectivity index (χ0v) is 11.4. The Balaban J connectivity index is 2.36. The summed E-state index contributed by atoms with van der Waals surface area (Å²) in [6.07, 6.45) is 0. The van der Waals surface area contributed by atoms with Gasteiger partial charge in [0.2, 0.25) is 0 Å². The highest BCUT2D eigenvalue weighted by molar-refractivity contribution is 14.1. The summed E-state index contributed by atoms with van der Waals surface area (Å²) in [5.74, 6) is 0. The first-order chi connectivity index (χ1) is 7.18. The third kappa shape index (κ3) is 2.41. The van der Waals surface area contributed by atoms with Gasteiger partial charge in [-0.1, -0.05) is 18.2 Å². The van der Waals surface area contributed by atoms with Crippen molar-refractivity contribution in [2.24, 2.45) is 5.73 Å². The lowest BCUT2D eigenvalue weighted by Gasteiger charge is -2.11. The summed E-state index contributed by atoms with van der Waals surface area (Å²) in [6, 6.07) is 12.5. The third-order valence-electron chi connectivity index (χ3n) is 2.31. The van der Waals surface area contributed by atoms with Crippen LogP contribution < -0.4 is 5.73 Å². The minimum Gasteiger partial charge on any atom is -0.320 e. The Labute approximate surface area is 107 Å². The highest BCUT2D eigenvalue weighted by atomic mass is 127. The van der Waals surface area contributed by atoms with Crippen LogP contribution in [-0.2, 0) is 0 Å². The van der Waals surface area contributed by atoms with E-state index in [-0.39, 0.29) is 6.04 Å². The minimum absolute atomic E-state index is 0.0109. The number of nitrogens with two attached hydrogens (primary N) is 1. The molecule has 2 aromatic rings. The molecule has 0 saturated heterocycles. The Hall–Kier alpha value is -0.390. The SMILES string of the molecule is Cc1ccc(C(N)c2ccccc2I)s1. The summed E-state index contributed by atoms with van der Waals surface area (Å²) in [6.45, 7) is 2.11. The highest BCUT2D eigenvalue weighted by Gasteiger charge is 2.12. The van der Waals surface area contributed by atoms with E-state index in [9.17, 15) is 0 Å². The van der Waals surface area contributed by atoms with Crippen LogP contribution >= 0.6 is 33.9 Å². The summed E-state index contributed by atoms with van der Waals surface area (Å²) in [4.78, 5) is 2.54. The van der Waals surface area contributed by atoms with E-state index < -0.39 is 0 Å². The number of thiophene rings is 1. The van der Waals surface area contributed by atoms with Crippen molar-refractivity contribution < 1.29 is 0 Å². The molecular weight excluding hydrogens is 317 g/mol. The summed E-state index contributed by atoms with van der Waals surface area (Å²) >= 11 is 4.10. The first kappa shape index (κ1) is 11.1. The molecule has 1 aromatic carbocycles. The van der Waals surface area contributed by atoms with Gasteiger partial charge < -0.3 is 5.73 Å². The Kier molecular flexibility index (Phi) is 3.43. The molecule has 0 aliphatic carbocycles. The fourth-order valence-corrected chi connectivity index (χ4v) is 3.12. The van der Waals surface area contributed by atoms with Crippen molar-refractivity contribution >= 4 is 33.9 Å². The molecule has 1 aromatic heterocycles. The zero-order valence-electron chi connectivity index (χ0n) is 8.41. The van der Waals surface area contributed by atoms with Gasteiger partial charge in [-0.2, -0.15) is 0 Å². The summed E-state index contributed by atoms with van der Waals surface area (Å²) in [5, 5.41) is 0. The van der Waals surface area contributed by atoms with Crippen molar-refractivity contribution in [2.75, 3.05) is 0 Å². The van der Waals surface area contributed by atoms with Crippen molar-refractivity contribution in [3.05, 3.63) is 55.3 Å². The molecule has 0 aliphatic rings. The topological polar surface area (TPSA) is 26.0 Å². The molecule has 1 heterocycles. The predicted molar refractivity (Wildman–Crippen MR) is 74.2 cm³/mol. The lowest BCUT2D eigenvalue weighted by Crippen LogP contribution is -2.11. The van der Waals surface area contributed by atoms with Crippen LogP contribution in [-0.4, -0.2) is 0 Å². The molecule has 0 amide bonds. The summed E-state index contributed by atoms with van der Waals surface area (Å²) in [7, 11) is 0. The normalized spacial score (nSPS) is 12.7. The van der Waals surface area contributed by atoms with Crippen LogP contribution in [0.1, 0.15) is 21.4 Å². The van der Waals surface area contributed by atoms with Crippen molar-refractivity contribution in [3.63, 3.8) is 0 Å². The zero-order chi connectivity index (χ0) is 10.8. The van der Waals surface area contributed by atoms with E-state index in [2.05, 4.69) is 53.8 Å². The molecule has 15 heavy (non-hydrogen) atoms. The molecule has 78 valence electrons. The molecule has 1 unspecified atom stereocenters. The number of hydrogen-bond acceptors (Lipinski definition) is 2. The molecule has 1 nitrogen and oxygen atoms in total. The van der Waals surface area contributed by atoms with Gasteiger partial charge >= 0.3 is 0 Å². The number of aryl methyl sites for hydroxylation is 1. The van der Waals surface area contributed by atoms with Gasteiger partial charge in [0.25, 0.3) is 0 Å². The van der Waals surface area contributed by atoms with E-state index in [1.807, 2.05) is 12.1 Å². The van der Waals surface area contributed by atoms with Gasteiger partial charge in [0.05, 0.1) is 6.04 Å². The number of rotatable bonds is 2. The second-order valence-corrected chi connectivity index (χ2v) is 5.93. The average Bonchev–Trinajstić information content (AvgIpc) is 2.65. The monoisotopic (exact) mass is 329 g/mol. The van der Waals surface area contributed by atoms with E-state index in [0.717, 1.165) is 0 Å². The maximum atomic E-state index is 6.24. The van der Waals surface area contributed by atoms with Crippen LogP contribution in [0, 0.1) is 10.5 Å². The number of halogens is 1. The molecule has 0 bridgehead atoms. The largest absolute Gasteiger partial charge is 0.320 e. The predicted octanol–water partition coefficient (Wildman–Crippen LogP) is 3.71. The fourth-order valence-electron chi connectivity index (χ4n) is 1.50. The van der Waals surface area contributed by atoms with Crippen molar-refractivity contribution in [1.29, 1.82) is 0 Å². The molecule has 0 fully saturated rings. The van der Waals surface area contributed by atoms with Gasteiger partial charge in [0.15, 0.2) is 0 Å². The third-order valence-corrected chi connectivity index (χ3v) is 4.37. The first-order valence-electron chi connectivity index (χ1n) is 4.75. The Morgan fingerprint density at radius 2 is 1.93 bits per heavy atom. The van der Waals surface area contributed by atoms with Crippen molar-refractivity contribution in [2.45, 2.75) is 13.0 Å². The fraction of sp³-hybridized carbons (Fsp3) is 0.167. The first-order valence-corrected chi connectivity index (χ1v) is 6.64. The molecular formula is C12H12INS. The molecule has 0 aliphatic heterocycles. The quantitative estimate of drug-likeness (QED) is 0.835. The highest BCUT2D eigenvalue weighted by Crippen LogP contribution is 2.28. The van der Waals surface area contributed by atoms with Gasteiger partial charge in [-0.25, -0.2) is 0 Å². The van der Waals surface area contributed by atoms with E-state index >= 15 is 0 Å². The maximum Gasteiger partial charge on any atom is 0.0656 e. The molecule has 3 heteroatoms. The lowest BCUT2D eigenvalue weighted by atomic mass is 10.1. The molecule has 2 N–H and O–H groups in total. The van der Waals surface area contributed by atoms with Crippen LogP contribution in [0.25, 0.3) is 0 Å². The molecule has 1 atom stereocenters. The Morgan fingerprint density at radius 3 is 2.53 bits per heavy atom. The van der Waals surface area contributed by atoms with Gasteiger partial charge in [0.1, 0.15) is 0 Å². The van der Waals surface area contributed by atoms with Crippen LogP contribution in [0.4, 0.5) is 0 Å². The van der Waals surface area contributed by atoms with E-state index in [1.165, 1.54) is 18.9 Å². The second-order valence-electron chi connectivity index (χ2n) is 3.45. The van der Waals surface area contributed by atoms with Gasteiger partial charge in [0, 0.05) is 13.3 Å².